The van der Waals surface area contributed by atoms with E-state index < -0.39 is 0 Å². The van der Waals surface area contributed by atoms with Gasteiger partial charge in [-0.05, 0) is 5.56 Å². The molecule has 18 heavy (non-hydrogen) atoms. The Hall–Kier alpha value is -1.90. The van der Waals surface area contributed by atoms with Gasteiger partial charge in [-0.25, -0.2) is 4.98 Å². The molecule has 0 atom stereocenters. The van der Waals surface area contributed by atoms with Crippen molar-refractivity contribution in [3.8, 4) is 0 Å². The number of carbonyl (C=O) groups excluding carboxylic acids is 1. The summed E-state index contributed by atoms with van der Waals surface area (Å²) in [4.78, 5) is 16.3. The molecular formula is C15H18N2O. The highest BCUT2D eigenvalue weighted by Gasteiger charge is 2.10. The zero-order valence-electron chi connectivity index (χ0n) is 10.8. The molecule has 0 N–H and O–H groups in total. The summed E-state index contributed by atoms with van der Waals surface area (Å²) in [5.41, 5.74) is 1.06. The first kappa shape index (κ1) is 12.6. The van der Waals surface area contributed by atoms with Crippen LogP contribution in [0, 0.1) is 0 Å². The smallest absolute Gasteiger partial charge is 0.156 e. The van der Waals surface area contributed by atoms with Crippen LogP contribution >= 0.6 is 0 Å². The molecular weight excluding hydrogens is 224 g/mol. The van der Waals surface area contributed by atoms with Gasteiger partial charge in [-0.15, -0.1) is 0 Å². The largest absolute Gasteiger partial charge is 0.327 e. The lowest BCUT2D eigenvalue weighted by Gasteiger charge is -2.09. The van der Waals surface area contributed by atoms with Crippen LogP contribution in [0.1, 0.15) is 31.2 Å². The third-order valence-corrected chi connectivity index (χ3v) is 2.85. The summed E-state index contributed by atoms with van der Waals surface area (Å²) < 4.78 is 1.94. The maximum absolute atomic E-state index is 12.0. The molecule has 0 amide bonds. The molecule has 2 aromatic rings. The second kappa shape index (κ2) is 5.63. The maximum Gasteiger partial charge on any atom is 0.156 e. The number of hydrogen-bond acceptors (Lipinski definition) is 2. The molecule has 0 spiro atoms. The number of carbonyl (C=O) groups is 1. The van der Waals surface area contributed by atoms with E-state index in [9.17, 15) is 4.79 Å². The Morgan fingerprint density at radius 2 is 2.00 bits per heavy atom. The van der Waals surface area contributed by atoms with Crippen LogP contribution in [0.15, 0.2) is 42.7 Å². The van der Waals surface area contributed by atoms with Crippen LogP contribution in [0.4, 0.5) is 0 Å². The number of nitrogens with zero attached hydrogens (tertiary/aromatic N) is 2. The third-order valence-electron chi connectivity index (χ3n) is 2.85. The van der Waals surface area contributed by atoms with Gasteiger partial charge in [0.25, 0.3) is 0 Å². The van der Waals surface area contributed by atoms with Crippen molar-refractivity contribution in [2.75, 3.05) is 0 Å². The molecule has 2 rings (SSSR count). The maximum atomic E-state index is 12.0. The summed E-state index contributed by atoms with van der Waals surface area (Å²) in [7, 11) is 0. The number of rotatable bonds is 5. The quantitative estimate of drug-likeness (QED) is 0.808. The van der Waals surface area contributed by atoms with Gasteiger partial charge in [0.2, 0.25) is 0 Å². The van der Waals surface area contributed by atoms with Crippen LogP contribution < -0.4 is 0 Å². The van der Waals surface area contributed by atoms with Gasteiger partial charge in [0.05, 0.1) is 6.54 Å². The number of ketones is 1. The number of aromatic nitrogens is 2. The molecule has 0 saturated carbocycles. The van der Waals surface area contributed by atoms with Crippen molar-refractivity contribution in [1.29, 1.82) is 0 Å². The second-order valence-electron chi connectivity index (χ2n) is 4.77. The molecule has 0 radical (unpaired) electrons. The molecule has 0 saturated heterocycles. The summed E-state index contributed by atoms with van der Waals surface area (Å²) in [6.45, 7) is 4.57. The molecule has 0 aliphatic rings. The Morgan fingerprint density at radius 3 is 2.67 bits per heavy atom. The summed E-state index contributed by atoms with van der Waals surface area (Å²) in [6, 6.07) is 9.84. The van der Waals surface area contributed by atoms with Gasteiger partial charge in [-0.1, -0.05) is 44.2 Å². The van der Waals surface area contributed by atoms with Gasteiger partial charge in [0.15, 0.2) is 5.78 Å². The fourth-order valence-electron chi connectivity index (χ4n) is 2.02. The Bertz CT molecular complexity index is 514. The van der Waals surface area contributed by atoms with Crippen molar-refractivity contribution in [3.05, 3.63) is 54.1 Å². The molecule has 1 heterocycles. The van der Waals surface area contributed by atoms with E-state index in [1.165, 1.54) is 0 Å². The normalized spacial score (nSPS) is 10.8. The van der Waals surface area contributed by atoms with Crippen LogP contribution in [0.2, 0.25) is 0 Å². The average molecular weight is 242 g/mol. The van der Waals surface area contributed by atoms with Crippen molar-refractivity contribution < 1.29 is 4.79 Å². The number of hydrogen-bond donors (Lipinski definition) is 0. The Labute approximate surface area is 107 Å². The van der Waals surface area contributed by atoms with Crippen LogP contribution in [-0.2, 0) is 17.8 Å². The van der Waals surface area contributed by atoms with Gasteiger partial charge in [-0.3, -0.25) is 4.79 Å². The number of Topliss-reactive ketones (excluding diaryl/α,β-unsaturated/α-hetero) is 1. The van der Waals surface area contributed by atoms with Gasteiger partial charge >= 0.3 is 0 Å². The lowest BCUT2D eigenvalue weighted by atomic mass is 10.1. The van der Waals surface area contributed by atoms with Crippen LogP contribution in [0.3, 0.4) is 0 Å². The molecule has 94 valence electrons. The number of benzene rings is 1. The van der Waals surface area contributed by atoms with Crippen molar-refractivity contribution >= 4 is 5.78 Å². The molecule has 0 aliphatic heterocycles. The predicted molar refractivity (Wildman–Crippen MR) is 71.5 cm³/mol. The zero-order valence-corrected chi connectivity index (χ0v) is 10.8. The van der Waals surface area contributed by atoms with Crippen LogP contribution in [0.25, 0.3) is 0 Å². The van der Waals surface area contributed by atoms with Crippen molar-refractivity contribution in [1.82, 2.24) is 9.55 Å². The van der Waals surface area contributed by atoms with E-state index >= 15 is 0 Å². The Kier molecular flexibility index (Phi) is 3.92. The molecule has 1 aromatic heterocycles. The van der Waals surface area contributed by atoms with Crippen LogP contribution in [-0.4, -0.2) is 15.3 Å². The van der Waals surface area contributed by atoms with E-state index in [1.807, 2.05) is 41.1 Å². The van der Waals surface area contributed by atoms with E-state index in [0.717, 1.165) is 11.4 Å². The summed E-state index contributed by atoms with van der Waals surface area (Å²) >= 11 is 0. The van der Waals surface area contributed by atoms with E-state index in [0.29, 0.717) is 18.9 Å². The predicted octanol–water partition coefficient (Wildman–Crippen LogP) is 2.82. The van der Waals surface area contributed by atoms with E-state index in [4.69, 9.17) is 0 Å². The zero-order chi connectivity index (χ0) is 13.0. The van der Waals surface area contributed by atoms with Crippen molar-refractivity contribution in [2.24, 2.45) is 0 Å². The first-order valence-electron chi connectivity index (χ1n) is 6.23. The van der Waals surface area contributed by atoms with Gasteiger partial charge < -0.3 is 4.57 Å². The van der Waals surface area contributed by atoms with Gasteiger partial charge in [0.1, 0.15) is 5.82 Å². The third kappa shape index (κ3) is 3.06. The van der Waals surface area contributed by atoms with Crippen molar-refractivity contribution in [2.45, 2.75) is 32.7 Å². The fourth-order valence-corrected chi connectivity index (χ4v) is 2.02. The van der Waals surface area contributed by atoms with Gasteiger partial charge in [-0.2, -0.15) is 0 Å². The minimum atomic E-state index is 0.209. The molecule has 0 aliphatic carbocycles. The minimum Gasteiger partial charge on any atom is -0.327 e. The molecule has 0 fully saturated rings. The van der Waals surface area contributed by atoms with E-state index in [2.05, 4.69) is 18.8 Å². The highest BCUT2D eigenvalue weighted by atomic mass is 16.1. The first-order valence-corrected chi connectivity index (χ1v) is 6.23. The summed E-state index contributed by atoms with van der Waals surface area (Å²) in [5, 5.41) is 0. The molecule has 1 aromatic carbocycles. The minimum absolute atomic E-state index is 0.209. The van der Waals surface area contributed by atoms with Crippen LogP contribution in [0.5, 0.6) is 0 Å². The topological polar surface area (TPSA) is 34.9 Å². The summed E-state index contributed by atoms with van der Waals surface area (Å²) in [5.74, 6) is 1.52. The SMILES string of the molecule is CC(C)c1nccn1CC(=O)Cc1ccccc1. The Morgan fingerprint density at radius 1 is 1.28 bits per heavy atom. The monoisotopic (exact) mass is 242 g/mol. The number of imidazole rings is 1. The average Bonchev–Trinajstić information content (AvgIpc) is 2.78. The second-order valence-corrected chi connectivity index (χ2v) is 4.77. The van der Waals surface area contributed by atoms with Crippen molar-refractivity contribution in [3.63, 3.8) is 0 Å². The Balaban J connectivity index is 2.01. The van der Waals surface area contributed by atoms with E-state index in [-0.39, 0.29) is 5.78 Å². The molecule has 0 unspecified atom stereocenters. The lowest BCUT2D eigenvalue weighted by molar-refractivity contribution is -0.119. The fraction of sp³-hybridized carbons (Fsp3) is 0.333. The molecule has 0 bridgehead atoms. The highest BCUT2D eigenvalue weighted by molar-refractivity contribution is 5.80. The first-order chi connectivity index (χ1) is 8.66. The lowest BCUT2D eigenvalue weighted by Crippen LogP contribution is -2.15. The molecule has 3 heteroatoms. The van der Waals surface area contributed by atoms with E-state index in [1.54, 1.807) is 6.20 Å². The summed E-state index contributed by atoms with van der Waals surface area (Å²) in [6.07, 6.45) is 4.11. The molecule has 3 nitrogen and oxygen atoms in total. The standard InChI is InChI=1S/C15H18N2O/c1-12(2)15-16-8-9-17(15)11-14(18)10-13-6-4-3-5-7-13/h3-9,12H,10-11H2,1-2H3. The highest BCUT2D eigenvalue weighted by Crippen LogP contribution is 2.12. The van der Waals surface area contributed by atoms with Gasteiger partial charge in [0, 0.05) is 24.7 Å².